The molecule has 1 aromatic heterocycles. The summed E-state index contributed by atoms with van der Waals surface area (Å²) in [5.74, 6) is -0.119. The van der Waals surface area contributed by atoms with Crippen molar-refractivity contribution in [2.45, 2.75) is 20.4 Å². The molecule has 2 heterocycles. The molecule has 0 atom stereocenters. The third-order valence-electron chi connectivity index (χ3n) is 5.42. The molecule has 5 N–H and O–H groups in total. The number of hydrogen-bond donors (Lipinski definition) is 4. The summed E-state index contributed by atoms with van der Waals surface area (Å²) in [6.07, 6.45) is 0. The summed E-state index contributed by atoms with van der Waals surface area (Å²) in [5.41, 5.74) is 9.62. The van der Waals surface area contributed by atoms with Gasteiger partial charge in [0, 0.05) is 0 Å². The predicted octanol–water partition coefficient (Wildman–Crippen LogP) is 0.795. The first-order chi connectivity index (χ1) is 14.1. The van der Waals surface area contributed by atoms with E-state index >= 15 is 0 Å². The molecule has 1 aliphatic heterocycles. The number of fused-ring (bicyclic) bond motifs is 2. The molecule has 1 aliphatic rings. The zero-order valence-electron chi connectivity index (χ0n) is 16.8. The van der Waals surface area contributed by atoms with Gasteiger partial charge in [-0.1, -0.05) is 0 Å². The monoisotopic (exact) mass is 461 g/mol. The van der Waals surface area contributed by atoms with Gasteiger partial charge in [-0.2, -0.15) is 0 Å². The number of nitrogens with zero attached hydrogens (tertiary/aromatic N) is 3. The Labute approximate surface area is 176 Å². The van der Waals surface area contributed by atoms with Gasteiger partial charge >= 0.3 is 177 Å². The van der Waals surface area contributed by atoms with E-state index < -0.39 is 0 Å². The van der Waals surface area contributed by atoms with E-state index in [2.05, 4.69) is 40.9 Å². The minimum absolute atomic E-state index is 0.0346. The SMILES string of the molecule is CCN(CC)CCn1nc2c3c(c(NCCN)ccc31)[Se]c1c-2ccc(O)c1O. The fourth-order valence-corrected chi connectivity index (χ4v) is 6.37. The Hall–Kier alpha value is -2.25. The molecule has 0 aliphatic carbocycles. The van der Waals surface area contributed by atoms with Crippen LogP contribution in [0, 0.1) is 0 Å². The number of rotatable bonds is 8. The fourth-order valence-electron chi connectivity index (χ4n) is 3.78. The molecular weight excluding hydrogens is 433 g/mol. The molecule has 0 amide bonds. The van der Waals surface area contributed by atoms with Crippen molar-refractivity contribution in [3.8, 4) is 22.8 Å². The number of aromatic nitrogens is 2. The van der Waals surface area contributed by atoms with Crippen LogP contribution in [-0.4, -0.2) is 72.6 Å². The summed E-state index contributed by atoms with van der Waals surface area (Å²) in [4.78, 5) is 2.38. The van der Waals surface area contributed by atoms with Crippen molar-refractivity contribution < 1.29 is 10.2 Å². The Morgan fingerprint density at radius 3 is 2.66 bits per heavy atom. The van der Waals surface area contributed by atoms with Crippen LogP contribution < -0.4 is 20.0 Å². The Kier molecular flexibility index (Phi) is 5.69. The number of nitrogens with two attached hydrogens (primary N) is 1. The number of phenolic OH excluding ortho intramolecular Hbond substituents is 2. The molecular formula is C21H27N5O2Se. The minimum atomic E-state index is -0.158. The number of nitrogens with one attached hydrogen (secondary N) is 1. The summed E-state index contributed by atoms with van der Waals surface area (Å²) in [6, 6.07) is 7.62. The summed E-state index contributed by atoms with van der Waals surface area (Å²) in [6.45, 7) is 9.34. The van der Waals surface area contributed by atoms with Crippen molar-refractivity contribution in [2.75, 3.05) is 38.0 Å². The summed E-state index contributed by atoms with van der Waals surface area (Å²) < 4.78 is 4.01. The first-order valence-electron chi connectivity index (χ1n) is 10.0. The first kappa shape index (κ1) is 20.0. The fraction of sp³-hybridized carbons (Fsp3) is 0.381. The second-order valence-corrected chi connectivity index (χ2v) is 9.20. The maximum atomic E-state index is 10.5. The zero-order chi connectivity index (χ0) is 20.5. The summed E-state index contributed by atoms with van der Waals surface area (Å²) in [7, 11) is 0. The molecule has 2 aromatic carbocycles. The van der Waals surface area contributed by atoms with Crippen LogP contribution in [0.4, 0.5) is 5.69 Å². The normalized spacial score (nSPS) is 12.6. The van der Waals surface area contributed by atoms with Gasteiger partial charge in [-0.05, 0) is 0 Å². The van der Waals surface area contributed by atoms with E-state index in [1.54, 1.807) is 6.07 Å². The average Bonchev–Trinajstić information content (AvgIpc) is 3.11. The van der Waals surface area contributed by atoms with E-state index in [1.165, 1.54) is 0 Å². The van der Waals surface area contributed by atoms with Crippen LogP contribution in [0.5, 0.6) is 11.5 Å². The number of aromatic hydroxyl groups is 2. The van der Waals surface area contributed by atoms with Crippen molar-refractivity contribution >= 4 is 40.5 Å². The van der Waals surface area contributed by atoms with Gasteiger partial charge in [-0.25, -0.2) is 0 Å². The third-order valence-corrected chi connectivity index (χ3v) is 8.04. The van der Waals surface area contributed by atoms with Crippen molar-refractivity contribution in [3.63, 3.8) is 0 Å². The molecule has 7 nitrogen and oxygen atoms in total. The van der Waals surface area contributed by atoms with Crippen LogP contribution in [0.15, 0.2) is 24.3 Å². The van der Waals surface area contributed by atoms with E-state index in [0.717, 1.165) is 63.0 Å². The van der Waals surface area contributed by atoms with Gasteiger partial charge in [0.05, 0.1) is 0 Å². The number of hydrogen-bond acceptors (Lipinski definition) is 6. The zero-order valence-corrected chi connectivity index (χ0v) is 18.5. The number of phenols is 2. The Morgan fingerprint density at radius 1 is 1.14 bits per heavy atom. The number of anilines is 1. The van der Waals surface area contributed by atoms with Crippen molar-refractivity contribution in [1.82, 2.24) is 14.7 Å². The van der Waals surface area contributed by atoms with Gasteiger partial charge in [-0.15, -0.1) is 0 Å². The second-order valence-electron chi connectivity index (χ2n) is 7.06. The predicted molar refractivity (Wildman–Crippen MR) is 119 cm³/mol. The van der Waals surface area contributed by atoms with Crippen LogP contribution in [0.25, 0.3) is 22.2 Å². The Balaban J connectivity index is 1.86. The van der Waals surface area contributed by atoms with Crippen LogP contribution >= 0.6 is 0 Å². The van der Waals surface area contributed by atoms with E-state index in [9.17, 15) is 10.2 Å². The average molecular weight is 460 g/mol. The molecule has 4 rings (SSSR count). The molecule has 0 fully saturated rings. The van der Waals surface area contributed by atoms with Crippen LogP contribution in [0.3, 0.4) is 0 Å². The maximum absolute atomic E-state index is 10.5. The Bertz CT molecular complexity index is 1050. The molecule has 0 radical (unpaired) electrons. The summed E-state index contributed by atoms with van der Waals surface area (Å²) in [5, 5.41) is 30.1. The Morgan fingerprint density at radius 2 is 1.93 bits per heavy atom. The number of benzene rings is 2. The summed E-state index contributed by atoms with van der Waals surface area (Å²) >= 11 is -0.158. The molecule has 8 heteroatoms. The molecule has 154 valence electrons. The van der Waals surface area contributed by atoms with Crippen molar-refractivity contribution in [3.05, 3.63) is 24.3 Å². The van der Waals surface area contributed by atoms with Gasteiger partial charge in [0.15, 0.2) is 0 Å². The topological polar surface area (TPSA) is 99.6 Å². The van der Waals surface area contributed by atoms with E-state index in [0.29, 0.717) is 13.1 Å². The molecule has 0 saturated carbocycles. The first-order valence-corrected chi connectivity index (χ1v) is 11.7. The van der Waals surface area contributed by atoms with Crippen LogP contribution in [-0.2, 0) is 6.54 Å². The van der Waals surface area contributed by atoms with Crippen LogP contribution in [0.2, 0.25) is 0 Å². The van der Waals surface area contributed by atoms with Gasteiger partial charge in [-0.3, -0.25) is 0 Å². The van der Waals surface area contributed by atoms with E-state index in [-0.39, 0.29) is 26.5 Å². The quantitative estimate of drug-likeness (QED) is 0.229. The molecule has 0 spiro atoms. The molecule has 0 saturated heterocycles. The van der Waals surface area contributed by atoms with E-state index in [4.69, 9.17) is 10.8 Å². The van der Waals surface area contributed by atoms with Crippen molar-refractivity contribution in [1.29, 1.82) is 0 Å². The standard InChI is InChI=1S/C21H27N5O2Se/c1-3-25(4-2)11-12-26-15-7-6-14(23-10-9-22)21-17(15)18(24-26)13-5-8-16(27)19(28)20(13)29-21/h5-8,23,27-28H,3-4,9-12,22H2,1-2H3. The second kappa shape index (κ2) is 8.24. The van der Waals surface area contributed by atoms with Crippen molar-refractivity contribution in [2.24, 2.45) is 5.73 Å². The van der Waals surface area contributed by atoms with Gasteiger partial charge in [0.1, 0.15) is 0 Å². The molecule has 0 unspecified atom stereocenters. The van der Waals surface area contributed by atoms with Gasteiger partial charge in [0.25, 0.3) is 0 Å². The van der Waals surface area contributed by atoms with Gasteiger partial charge in [0.2, 0.25) is 0 Å². The molecule has 0 bridgehead atoms. The number of likely N-dealkylation sites (N-methyl/N-ethyl adjacent to an activating group) is 1. The van der Waals surface area contributed by atoms with E-state index in [1.807, 2.05) is 6.07 Å². The molecule has 29 heavy (non-hydrogen) atoms. The third kappa shape index (κ3) is 3.46. The van der Waals surface area contributed by atoms with Crippen LogP contribution in [0.1, 0.15) is 13.8 Å². The van der Waals surface area contributed by atoms with Gasteiger partial charge < -0.3 is 0 Å². The molecule has 3 aromatic rings.